The zero-order valence-corrected chi connectivity index (χ0v) is 23.6. The lowest BCUT2D eigenvalue weighted by Gasteiger charge is -2.42. The van der Waals surface area contributed by atoms with Gasteiger partial charge in [-0.1, -0.05) is 42.9 Å². The van der Waals surface area contributed by atoms with E-state index in [4.69, 9.17) is 4.98 Å². The summed E-state index contributed by atoms with van der Waals surface area (Å²) in [7, 11) is 0. The zero-order valence-electron chi connectivity index (χ0n) is 22.8. The molecule has 202 valence electrons. The summed E-state index contributed by atoms with van der Waals surface area (Å²) in [5.74, 6) is 0. The molecule has 0 saturated carbocycles. The number of piperazine rings is 1. The number of nitriles is 2. The first-order chi connectivity index (χ1) is 19.3. The molecule has 1 atom stereocenters. The summed E-state index contributed by atoms with van der Waals surface area (Å²) in [6.07, 6.45) is 3.29. The quantitative estimate of drug-likeness (QED) is 0.320. The Morgan fingerprint density at radius 3 is 2.62 bits per heavy atom. The molecule has 0 radical (unpaired) electrons. The second kappa shape index (κ2) is 11.4. The van der Waals surface area contributed by atoms with Crippen molar-refractivity contribution in [2.24, 2.45) is 0 Å². The van der Waals surface area contributed by atoms with Crippen LogP contribution in [0.1, 0.15) is 37.9 Å². The molecule has 0 aliphatic carbocycles. The van der Waals surface area contributed by atoms with E-state index in [1.54, 1.807) is 23.4 Å². The second-order valence-electron chi connectivity index (χ2n) is 10.1. The molecular weight excluding hydrogens is 520 g/mol. The molecule has 1 fully saturated rings. The molecule has 2 aromatic heterocycles. The largest absolute Gasteiger partial charge is 0.323 e. The Morgan fingerprint density at radius 2 is 1.90 bits per heavy atom. The molecule has 1 N–H and O–H groups in total. The number of thiazole rings is 1. The van der Waals surface area contributed by atoms with E-state index in [1.165, 1.54) is 11.3 Å². The van der Waals surface area contributed by atoms with Crippen molar-refractivity contribution in [3.8, 4) is 33.8 Å². The van der Waals surface area contributed by atoms with Crippen LogP contribution in [0.25, 0.3) is 32.6 Å². The maximum absolute atomic E-state index is 13.3. The lowest BCUT2D eigenvalue weighted by Crippen LogP contribution is -2.56. The fourth-order valence-corrected chi connectivity index (χ4v) is 6.15. The minimum atomic E-state index is -0.516. The van der Waals surface area contributed by atoms with Crippen LogP contribution in [0.2, 0.25) is 0 Å². The maximum Gasteiger partial charge on any atom is 0.323 e. The molecule has 9 nitrogen and oxygen atoms in total. The van der Waals surface area contributed by atoms with Crippen molar-refractivity contribution >= 4 is 33.4 Å². The summed E-state index contributed by atoms with van der Waals surface area (Å²) in [4.78, 5) is 31.6. The van der Waals surface area contributed by atoms with Gasteiger partial charge >= 0.3 is 6.03 Å². The van der Waals surface area contributed by atoms with Crippen LogP contribution in [0, 0.1) is 29.6 Å². The Balaban J connectivity index is 1.43. The number of rotatable bonds is 6. The number of amides is 2. The predicted octanol–water partition coefficient (Wildman–Crippen LogP) is 5.83. The molecule has 4 aromatic rings. The van der Waals surface area contributed by atoms with Gasteiger partial charge in [0, 0.05) is 42.8 Å². The molecule has 2 aromatic carbocycles. The second-order valence-corrected chi connectivity index (χ2v) is 11.1. The summed E-state index contributed by atoms with van der Waals surface area (Å²) in [5, 5.41) is 23.6. The fourth-order valence-electron chi connectivity index (χ4n) is 5.17. The van der Waals surface area contributed by atoms with Crippen molar-refractivity contribution < 1.29 is 4.79 Å². The van der Waals surface area contributed by atoms with Gasteiger partial charge in [-0.2, -0.15) is 10.5 Å². The van der Waals surface area contributed by atoms with Crippen molar-refractivity contribution in [3.05, 3.63) is 60.0 Å². The first-order valence-electron chi connectivity index (χ1n) is 13.3. The van der Waals surface area contributed by atoms with E-state index >= 15 is 0 Å². The van der Waals surface area contributed by atoms with Crippen LogP contribution in [0.15, 0.2) is 48.8 Å². The number of carbonyl (C=O) groups is 1. The van der Waals surface area contributed by atoms with Crippen molar-refractivity contribution in [1.82, 2.24) is 24.8 Å². The van der Waals surface area contributed by atoms with Crippen molar-refractivity contribution in [2.45, 2.75) is 39.2 Å². The normalized spacial score (nSPS) is 15.3. The van der Waals surface area contributed by atoms with E-state index in [2.05, 4.69) is 39.2 Å². The van der Waals surface area contributed by atoms with Gasteiger partial charge in [0.15, 0.2) is 5.13 Å². The van der Waals surface area contributed by atoms with Gasteiger partial charge in [0.1, 0.15) is 11.9 Å². The van der Waals surface area contributed by atoms with Crippen LogP contribution in [0.5, 0.6) is 0 Å². The number of carbonyl (C=O) groups excluding carboxylic acids is 1. The van der Waals surface area contributed by atoms with Gasteiger partial charge in [-0.3, -0.25) is 10.2 Å². The number of fused-ring (bicyclic) bond motifs is 1. The van der Waals surface area contributed by atoms with Crippen LogP contribution in [0.4, 0.5) is 9.93 Å². The van der Waals surface area contributed by atoms with Crippen LogP contribution in [-0.2, 0) is 0 Å². The summed E-state index contributed by atoms with van der Waals surface area (Å²) in [5.41, 5.74) is 4.18. The Bertz CT molecular complexity index is 1640. The number of aryl methyl sites for hydroxylation is 1. The van der Waals surface area contributed by atoms with E-state index in [1.807, 2.05) is 44.2 Å². The number of hydrogen-bond acceptors (Lipinski definition) is 8. The predicted molar refractivity (Wildman–Crippen MR) is 157 cm³/mol. The number of aromatic nitrogens is 3. The van der Waals surface area contributed by atoms with Gasteiger partial charge in [0.2, 0.25) is 0 Å². The molecule has 1 unspecified atom stereocenters. The highest BCUT2D eigenvalue weighted by Crippen LogP contribution is 2.40. The molecule has 2 amide bonds. The monoisotopic (exact) mass is 550 g/mol. The molecule has 1 aliphatic heterocycles. The molecule has 5 rings (SSSR count). The number of nitrogens with one attached hydrogen (secondary N) is 1. The summed E-state index contributed by atoms with van der Waals surface area (Å²) < 4.78 is 0. The lowest BCUT2D eigenvalue weighted by atomic mass is 9.95. The van der Waals surface area contributed by atoms with E-state index in [0.29, 0.717) is 42.6 Å². The van der Waals surface area contributed by atoms with Crippen LogP contribution < -0.4 is 5.32 Å². The topological polar surface area (TPSA) is 122 Å². The third-order valence-corrected chi connectivity index (χ3v) is 8.47. The van der Waals surface area contributed by atoms with E-state index in [9.17, 15) is 15.3 Å². The molecule has 1 saturated heterocycles. The fraction of sp³-hybridized carbons (Fsp3) is 0.333. The SMILES string of the molecule is CCCC(C)(C#N)N1CCN(C(=O)Nc2nc(-c3cccc(C#N)c3)c(-c3ccc4ncnc(C)c4c3)s2)CC1. The van der Waals surface area contributed by atoms with Gasteiger partial charge < -0.3 is 4.90 Å². The highest BCUT2D eigenvalue weighted by molar-refractivity contribution is 7.19. The average molecular weight is 551 g/mol. The molecule has 0 bridgehead atoms. The number of anilines is 1. The smallest absolute Gasteiger partial charge is 0.322 e. The molecular formula is C30H30N8OS. The molecule has 3 heterocycles. The first kappa shape index (κ1) is 27.2. The molecule has 40 heavy (non-hydrogen) atoms. The van der Waals surface area contributed by atoms with Gasteiger partial charge in [-0.05, 0) is 50.1 Å². The van der Waals surface area contributed by atoms with E-state index in [-0.39, 0.29) is 6.03 Å². The summed E-state index contributed by atoms with van der Waals surface area (Å²) in [6.45, 7) is 8.37. The highest BCUT2D eigenvalue weighted by Gasteiger charge is 2.34. The summed E-state index contributed by atoms with van der Waals surface area (Å²) >= 11 is 1.40. The zero-order chi connectivity index (χ0) is 28.3. The van der Waals surface area contributed by atoms with Crippen LogP contribution in [-0.4, -0.2) is 62.5 Å². The Labute approximate surface area is 237 Å². The lowest BCUT2D eigenvalue weighted by molar-refractivity contribution is 0.0818. The Morgan fingerprint density at radius 1 is 1.10 bits per heavy atom. The molecule has 10 heteroatoms. The van der Waals surface area contributed by atoms with Crippen molar-refractivity contribution in [3.63, 3.8) is 0 Å². The average Bonchev–Trinajstić information content (AvgIpc) is 3.41. The summed E-state index contributed by atoms with van der Waals surface area (Å²) in [6, 6.07) is 17.8. The minimum Gasteiger partial charge on any atom is -0.322 e. The van der Waals surface area contributed by atoms with Crippen molar-refractivity contribution in [1.29, 1.82) is 10.5 Å². The van der Waals surface area contributed by atoms with Gasteiger partial charge in [0.25, 0.3) is 0 Å². The number of nitrogens with zero attached hydrogens (tertiary/aromatic N) is 7. The Hall–Kier alpha value is -4.38. The van der Waals surface area contributed by atoms with Gasteiger partial charge in [-0.15, -0.1) is 0 Å². The highest BCUT2D eigenvalue weighted by atomic mass is 32.1. The Kier molecular flexibility index (Phi) is 7.74. The first-order valence-corrected chi connectivity index (χ1v) is 14.1. The number of hydrogen-bond donors (Lipinski definition) is 1. The van der Waals surface area contributed by atoms with Crippen molar-refractivity contribution in [2.75, 3.05) is 31.5 Å². The number of benzene rings is 2. The van der Waals surface area contributed by atoms with E-state index in [0.717, 1.165) is 45.4 Å². The molecule has 0 spiro atoms. The maximum atomic E-state index is 13.3. The van der Waals surface area contributed by atoms with Gasteiger partial charge in [0.05, 0.1) is 33.8 Å². The van der Waals surface area contributed by atoms with Crippen LogP contribution >= 0.6 is 11.3 Å². The number of urea groups is 1. The van der Waals surface area contributed by atoms with E-state index < -0.39 is 5.54 Å². The van der Waals surface area contributed by atoms with Gasteiger partial charge in [-0.25, -0.2) is 19.7 Å². The third-order valence-electron chi connectivity index (χ3n) is 7.45. The minimum absolute atomic E-state index is 0.214. The van der Waals surface area contributed by atoms with Crippen LogP contribution in [0.3, 0.4) is 0 Å². The standard InChI is InChI=1S/C30H30N8OS/c1-4-10-30(3,18-32)38-13-11-37(12-14-38)29(39)36-28-35-26(22-7-5-6-21(15-22)17-31)27(40-28)23-8-9-25-24(16-23)20(2)33-19-34-25/h5-9,15-16,19H,4,10-14H2,1-3H3,(H,35,36,39). The third kappa shape index (κ3) is 5.37. The molecule has 1 aliphatic rings.